The fourth-order valence-electron chi connectivity index (χ4n) is 2.75. The second kappa shape index (κ2) is 7.18. The zero-order valence-electron chi connectivity index (χ0n) is 14.4. The molecule has 0 atom stereocenters. The Morgan fingerprint density at radius 1 is 0.964 bits per heavy atom. The average molecular weight is 385 g/mol. The second-order valence-electron chi connectivity index (χ2n) is 5.98. The maximum atomic E-state index is 12.3. The lowest BCUT2D eigenvalue weighted by Gasteiger charge is -2.20. The predicted molar refractivity (Wildman–Crippen MR) is 94.5 cm³/mol. The van der Waals surface area contributed by atoms with Crippen LogP contribution in [0.1, 0.15) is 5.82 Å². The first kappa shape index (κ1) is 17.8. The number of rotatable bonds is 4. The largest absolute Gasteiger partial charge is 0.573 e. The summed E-state index contributed by atoms with van der Waals surface area (Å²) in [5.74, 6) is 0.385. The molecule has 0 saturated carbocycles. The summed E-state index contributed by atoms with van der Waals surface area (Å²) in [7, 11) is 0. The van der Waals surface area contributed by atoms with Crippen LogP contribution in [-0.2, 0) is 6.54 Å². The lowest BCUT2D eigenvalue weighted by molar-refractivity contribution is -0.274. The molecule has 3 aromatic rings. The molecule has 2 heterocycles. The molecule has 2 aromatic carbocycles. The van der Waals surface area contributed by atoms with Gasteiger partial charge in [0.25, 0.3) is 0 Å². The summed E-state index contributed by atoms with van der Waals surface area (Å²) in [5, 5.41) is 7.67. The van der Waals surface area contributed by atoms with Gasteiger partial charge in [-0.25, -0.2) is 15.5 Å². The van der Waals surface area contributed by atoms with Crippen LogP contribution in [0, 0.1) is 0 Å². The zero-order valence-corrected chi connectivity index (χ0v) is 14.4. The first-order chi connectivity index (χ1) is 13.5. The molecule has 1 N–H and O–H groups in total. The molecule has 6 nitrogen and oxygen atoms in total. The van der Waals surface area contributed by atoms with Gasteiger partial charge in [0.05, 0.1) is 5.36 Å². The molecule has 1 aliphatic rings. The van der Waals surface area contributed by atoms with Crippen molar-refractivity contribution in [3.63, 3.8) is 0 Å². The van der Waals surface area contributed by atoms with E-state index in [1.54, 1.807) is 35.6 Å². The van der Waals surface area contributed by atoms with E-state index in [1.165, 1.54) is 12.1 Å². The minimum atomic E-state index is -4.71. The van der Waals surface area contributed by atoms with Crippen LogP contribution >= 0.6 is 0 Å². The number of alkyl halides is 3. The van der Waals surface area contributed by atoms with Gasteiger partial charge >= 0.3 is 6.36 Å². The molecule has 0 saturated heterocycles. The highest BCUT2D eigenvalue weighted by atomic mass is 19.4. The van der Waals surface area contributed by atoms with Gasteiger partial charge in [-0.3, -0.25) is 5.01 Å². The summed E-state index contributed by atoms with van der Waals surface area (Å²) >= 11 is 0. The van der Waals surface area contributed by atoms with Gasteiger partial charge < -0.3 is 4.74 Å². The summed E-state index contributed by atoms with van der Waals surface area (Å²) < 4.78 is 40.8. The van der Waals surface area contributed by atoms with Crippen molar-refractivity contribution in [3.8, 4) is 16.9 Å². The standard InChI is InChI=1S/C19H14F3N5O/c20-19(21,22)28-16-5-2-13(3-6-16)14-4-7-17-15(10-14)11-27(26-25-17)12-18-23-8-1-9-24-18/h1-11,26H,12H2. The number of hydrogen-bond acceptors (Lipinski definition) is 6. The summed E-state index contributed by atoms with van der Waals surface area (Å²) in [6.07, 6.45) is 0.509. The van der Waals surface area contributed by atoms with E-state index >= 15 is 0 Å². The summed E-state index contributed by atoms with van der Waals surface area (Å²) in [5.41, 5.74) is 4.53. The minimum Gasteiger partial charge on any atom is -0.406 e. The molecule has 0 bridgehead atoms. The summed E-state index contributed by atoms with van der Waals surface area (Å²) in [6.45, 7) is 0.428. The van der Waals surface area contributed by atoms with Crippen molar-refractivity contribution in [3.05, 3.63) is 77.3 Å². The fraction of sp³-hybridized carbons (Fsp3) is 0.105. The molecule has 142 valence electrons. The average Bonchev–Trinajstić information content (AvgIpc) is 2.68. The van der Waals surface area contributed by atoms with Crippen molar-refractivity contribution >= 4 is 6.20 Å². The van der Waals surface area contributed by atoms with E-state index in [2.05, 4.69) is 25.3 Å². The number of ether oxygens (including phenoxy) is 1. The second-order valence-corrected chi connectivity index (χ2v) is 5.98. The van der Waals surface area contributed by atoms with Gasteiger partial charge in [0.1, 0.15) is 18.1 Å². The van der Waals surface area contributed by atoms with Gasteiger partial charge in [-0.15, -0.1) is 13.2 Å². The van der Waals surface area contributed by atoms with Crippen LogP contribution in [0.3, 0.4) is 0 Å². The molecule has 1 aromatic heterocycles. The van der Waals surface area contributed by atoms with Gasteiger partial charge in [0, 0.05) is 23.8 Å². The van der Waals surface area contributed by atoms with E-state index in [9.17, 15) is 13.2 Å². The van der Waals surface area contributed by atoms with Crippen molar-refractivity contribution in [1.29, 1.82) is 0 Å². The molecule has 1 aliphatic heterocycles. The molecule has 4 rings (SSSR count). The van der Waals surface area contributed by atoms with Crippen molar-refractivity contribution in [2.45, 2.75) is 12.9 Å². The van der Waals surface area contributed by atoms with Crippen LogP contribution in [-0.4, -0.2) is 21.3 Å². The number of nitrogens with one attached hydrogen (secondary N) is 1. The Hall–Kier alpha value is -3.62. The van der Waals surface area contributed by atoms with E-state index in [1.807, 2.05) is 24.4 Å². The van der Waals surface area contributed by atoms with Crippen molar-refractivity contribution in [2.24, 2.45) is 5.10 Å². The summed E-state index contributed by atoms with van der Waals surface area (Å²) in [6, 6.07) is 13.1. The first-order valence-electron chi connectivity index (χ1n) is 8.30. The Bertz CT molecular complexity index is 1090. The third-order valence-electron chi connectivity index (χ3n) is 3.97. The molecular weight excluding hydrogens is 371 g/mol. The van der Waals surface area contributed by atoms with E-state index < -0.39 is 6.36 Å². The molecule has 0 fully saturated rings. The molecule has 9 heteroatoms. The quantitative estimate of drug-likeness (QED) is 0.747. The van der Waals surface area contributed by atoms with Crippen LogP contribution in [0.15, 0.2) is 66.0 Å². The van der Waals surface area contributed by atoms with Crippen LogP contribution in [0.5, 0.6) is 5.75 Å². The lowest BCUT2D eigenvalue weighted by Crippen LogP contribution is -2.42. The molecule has 28 heavy (non-hydrogen) atoms. The number of aromatic nitrogens is 2. The van der Waals surface area contributed by atoms with Gasteiger partial charge in [0.15, 0.2) is 0 Å². The molecular formula is C19H14F3N5O. The smallest absolute Gasteiger partial charge is 0.406 e. The Morgan fingerprint density at radius 2 is 1.68 bits per heavy atom. The number of hydrogen-bond donors (Lipinski definition) is 1. The number of hydrazine groups is 1. The van der Waals surface area contributed by atoms with Crippen molar-refractivity contribution in [1.82, 2.24) is 20.5 Å². The zero-order chi connectivity index (χ0) is 19.6. The van der Waals surface area contributed by atoms with Gasteiger partial charge in [0.2, 0.25) is 0 Å². The lowest BCUT2D eigenvalue weighted by atomic mass is 10.0. The molecule has 0 radical (unpaired) electrons. The first-order valence-corrected chi connectivity index (χ1v) is 8.30. The Kier molecular flexibility index (Phi) is 4.56. The molecule has 0 aliphatic carbocycles. The van der Waals surface area contributed by atoms with Crippen LogP contribution in [0.4, 0.5) is 13.2 Å². The normalized spacial score (nSPS) is 13.0. The molecule has 0 spiro atoms. The highest BCUT2D eigenvalue weighted by Gasteiger charge is 2.30. The summed E-state index contributed by atoms with van der Waals surface area (Å²) in [4.78, 5) is 8.36. The topological polar surface area (TPSA) is 62.6 Å². The highest BCUT2D eigenvalue weighted by Crippen LogP contribution is 2.25. The van der Waals surface area contributed by atoms with E-state index in [0.29, 0.717) is 12.4 Å². The third kappa shape index (κ3) is 4.20. The number of nitrogens with zero attached hydrogens (tertiary/aromatic N) is 4. The van der Waals surface area contributed by atoms with E-state index in [0.717, 1.165) is 21.7 Å². The maximum Gasteiger partial charge on any atom is 0.573 e. The molecule has 0 amide bonds. The maximum absolute atomic E-state index is 12.3. The monoisotopic (exact) mass is 385 g/mol. The van der Waals surface area contributed by atoms with Crippen LogP contribution in [0.25, 0.3) is 17.3 Å². The van der Waals surface area contributed by atoms with Crippen molar-refractivity contribution < 1.29 is 17.9 Å². The SMILES string of the molecule is FC(F)(F)Oc1ccc(-c2ccc3c(c2)=CN(Cc2ncccn2)NN=3)cc1. The Labute approximate surface area is 157 Å². The highest BCUT2D eigenvalue weighted by molar-refractivity contribution is 5.64. The van der Waals surface area contributed by atoms with Gasteiger partial charge in [-0.05, 0) is 41.5 Å². The number of benzene rings is 2. The molecule has 0 unspecified atom stereocenters. The van der Waals surface area contributed by atoms with Gasteiger partial charge in [-0.2, -0.15) is 5.10 Å². The Balaban J connectivity index is 1.58. The van der Waals surface area contributed by atoms with Crippen LogP contribution in [0.2, 0.25) is 0 Å². The van der Waals surface area contributed by atoms with Crippen molar-refractivity contribution in [2.75, 3.05) is 0 Å². The number of fused-ring (bicyclic) bond motifs is 1. The third-order valence-corrected chi connectivity index (χ3v) is 3.97. The van der Waals surface area contributed by atoms with E-state index in [4.69, 9.17) is 0 Å². The van der Waals surface area contributed by atoms with Crippen LogP contribution < -0.4 is 20.8 Å². The number of halogens is 3. The minimum absolute atomic E-state index is 0.256. The predicted octanol–water partition coefficient (Wildman–Crippen LogP) is 2.34. The fourth-order valence-corrected chi connectivity index (χ4v) is 2.75. The Morgan fingerprint density at radius 3 is 2.39 bits per heavy atom. The van der Waals surface area contributed by atoms with E-state index in [-0.39, 0.29) is 5.75 Å². The van der Waals surface area contributed by atoms with Gasteiger partial charge in [-0.1, -0.05) is 18.2 Å².